The molecule has 2 aromatic carbocycles. The quantitative estimate of drug-likeness (QED) is 0.564. The number of thioether (sulfide) groups is 1. The van der Waals surface area contributed by atoms with Crippen molar-refractivity contribution in [1.29, 1.82) is 0 Å². The number of hydrogen-bond acceptors (Lipinski definition) is 7. The highest BCUT2D eigenvalue weighted by molar-refractivity contribution is 8.16. The minimum absolute atomic E-state index is 0.0623. The number of nitrogens with zero attached hydrogens (tertiary/aromatic N) is 2. The van der Waals surface area contributed by atoms with Gasteiger partial charge in [-0.05, 0) is 48.5 Å². The van der Waals surface area contributed by atoms with E-state index in [0.717, 1.165) is 36.0 Å². The highest BCUT2D eigenvalue weighted by atomic mass is 35.5. The zero-order valence-electron chi connectivity index (χ0n) is 13.4. The molecule has 0 atom stereocenters. The molecule has 9 nitrogen and oxygen atoms in total. The first kappa shape index (κ1) is 19.6. The van der Waals surface area contributed by atoms with Crippen LogP contribution in [0.25, 0.3) is 0 Å². The van der Waals surface area contributed by atoms with Gasteiger partial charge >= 0.3 is 0 Å². The van der Waals surface area contributed by atoms with Crippen LogP contribution >= 0.6 is 23.4 Å². The Balaban J connectivity index is 1.95. The maximum atomic E-state index is 12.4. The van der Waals surface area contributed by atoms with Crippen molar-refractivity contribution in [1.82, 2.24) is 4.72 Å². The van der Waals surface area contributed by atoms with Crippen LogP contribution < -0.4 is 4.72 Å². The zero-order valence-corrected chi connectivity index (χ0v) is 16.6. The predicted octanol–water partition coefficient (Wildman–Crippen LogP) is 2.69. The lowest BCUT2D eigenvalue weighted by molar-refractivity contribution is -0.384. The molecule has 0 amide bonds. The van der Waals surface area contributed by atoms with E-state index < -0.39 is 25.0 Å². The van der Waals surface area contributed by atoms with Gasteiger partial charge in [0.15, 0.2) is 5.17 Å². The highest BCUT2D eigenvalue weighted by Crippen LogP contribution is 2.37. The van der Waals surface area contributed by atoms with Crippen LogP contribution in [0.5, 0.6) is 0 Å². The van der Waals surface area contributed by atoms with Gasteiger partial charge in [0.05, 0.1) is 9.82 Å². The van der Waals surface area contributed by atoms with E-state index >= 15 is 0 Å². The van der Waals surface area contributed by atoms with Gasteiger partial charge in [-0.2, -0.15) is 8.42 Å². The molecule has 0 saturated heterocycles. The number of nitro groups is 1. The second kappa shape index (κ2) is 6.78. The molecule has 0 radical (unpaired) electrons. The first-order chi connectivity index (χ1) is 12.5. The fourth-order valence-corrected chi connectivity index (χ4v) is 6.26. The Labute approximate surface area is 163 Å². The third kappa shape index (κ3) is 3.93. The molecule has 0 aliphatic carbocycles. The van der Waals surface area contributed by atoms with Crippen molar-refractivity contribution in [3.8, 4) is 0 Å². The number of halogens is 1. The fourth-order valence-electron chi connectivity index (χ4n) is 2.16. The van der Waals surface area contributed by atoms with Gasteiger partial charge in [-0.15, -0.1) is 4.40 Å². The van der Waals surface area contributed by atoms with E-state index in [1.54, 1.807) is 6.92 Å². The Hall–Kier alpha value is -2.15. The number of aryl methyl sites for hydroxylation is 1. The van der Waals surface area contributed by atoms with Gasteiger partial charge < -0.3 is 0 Å². The Morgan fingerprint density at radius 2 is 1.85 bits per heavy atom. The van der Waals surface area contributed by atoms with Crippen molar-refractivity contribution in [3.63, 3.8) is 0 Å². The Bertz CT molecular complexity index is 1190. The van der Waals surface area contributed by atoms with E-state index in [9.17, 15) is 26.9 Å². The molecule has 3 rings (SSSR count). The molecule has 142 valence electrons. The zero-order chi connectivity index (χ0) is 20.0. The maximum absolute atomic E-state index is 12.4. The summed E-state index contributed by atoms with van der Waals surface area (Å²) in [5.74, 6) is 0. The molecule has 1 N–H and O–H groups in total. The van der Waals surface area contributed by atoms with Gasteiger partial charge in [-0.25, -0.2) is 8.42 Å². The van der Waals surface area contributed by atoms with Crippen LogP contribution in [-0.2, 0) is 20.0 Å². The number of rotatable bonds is 3. The van der Waals surface area contributed by atoms with Crippen LogP contribution in [0.2, 0.25) is 5.02 Å². The Morgan fingerprint density at radius 1 is 1.22 bits per heavy atom. The molecule has 0 saturated carbocycles. The third-order valence-corrected chi connectivity index (χ3v) is 7.89. The molecule has 0 fully saturated rings. The first-order valence-corrected chi connectivity index (χ1v) is 11.2. The van der Waals surface area contributed by atoms with E-state index in [-0.39, 0.29) is 25.5 Å². The van der Waals surface area contributed by atoms with Gasteiger partial charge in [0, 0.05) is 22.1 Å². The van der Waals surface area contributed by atoms with Gasteiger partial charge in [0.2, 0.25) is 0 Å². The summed E-state index contributed by atoms with van der Waals surface area (Å²) < 4.78 is 55.1. The number of nitro benzene ring substituents is 1. The highest BCUT2D eigenvalue weighted by Gasteiger charge is 2.29. The summed E-state index contributed by atoms with van der Waals surface area (Å²) in [4.78, 5) is 9.89. The molecular weight excluding hydrogens is 438 g/mol. The van der Waals surface area contributed by atoms with Crippen molar-refractivity contribution >= 4 is 54.3 Å². The Kier molecular flexibility index (Phi) is 4.93. The third-order valence-electron chi connectivity index (χ3n) is 3.49. The van der Waals surface area contributed by atoms with Gasteiger partial charge in [-0.3, -0.25) is 14.8 Å². The number of nitrogens with one attached hydrogen (secondary N) is 1. The number of hydrogen-bond donors (Lipinski definition) is 1. The number of amidine groups is 1. The van der Waals surface area contributed by atoms with E-state index in [0.29, 0.717) is 10.6 Å². The lowest BCUT2D eigenvalue weighted by Crippen LogP contribution is -2.30. The fraction of sp³-hybridized carbons (Fsp3) is 0.0714. The van der Waals surface area contributed by atoms with Crippen molar-refractivity contribution < 1.29 is 21.8 Å². The standard InChI is InChI=1S/C14H10ClN3O6S3/c1-8-6-13-12(7-11(8)15)25-14(17-27(13,23)24)16-26(21,22)10-4-2-9(3-5-10)18(19)20/h2-7H,1H3,(H,16,17). The minimum Gasteiger partial charge on any atom is -0.258 e. The summed E-state index contributed by atoms with van der Waals surface area (Å²) in [6, 6.07) is 6.92. The number of benzene rings is 2. The van der Waals surface area contributed by atoms with Crippen molar-refractivity contribution in [3.05, 3.63) is 57.1 Å². The molecule has 1 aliphatic heterocycles. The lowest BCUT2D eigenvalue weighted by atomic mass is 10.2. The monoisotopic (exact) mass is 447 g/mol. The second-order valence-electron chi connectivity index (χ2n) is 5.38. The topological polar surface area (TPSA) is 136 Å². The van der Waals surface area contributed by atoms with Crippen LogP contribution in [0.4, 0.5) is 5.69 Å². The molecule has 0 unspecified atom stereocenters. The molecular formula is C14H10ClN3O6S3. The summed E-state index contributed by atoms with van der Waals surface area (Å²) >= 11 is 6.81. The van der Waals surface area contributed by atoms with E-state index in [1.807, 2.05) is 0 Å². The van der Waals surface area contributed by atoms with Gasteiger partial charge in [0.25, 0.3) is 25.7 Å². The molecule has 2 aromatic rings. The maximum Gasteiger partial charge on any atom is 0.285 e. The second-order valence-corrected chi connectivity index (χ2v) is 10.1. The number of non-ortho nitro benzene ring substituents is 1. The van der Waals surface area contributed by atoms with Gasteiger partial charge in [-0.1, -0.05) is 11.6 Å². The molecule has 1 heterocycles. The average molecular weight is 448 g/mol. The van der Waals surface area contributed by atoms with Crippen LogP contribution in [0.1, 0.15) is 5.56 Å². The normalized spacial score (nSPS) is 15.6. The van der Waals surface area contributed by atoms with Crippen molar-refractivity contribution in [2.45, 2.75) is 21.6 Å². The molecule has 0 bridgehead atoms. The number of fused-ring (bicyclic) bond motifs is 1. The molecule has 13 heteroatoms. The first-order valence-electron chi connectivity index (χ1n) is 7.10. The minimum atomic E-state index is -4.20. The molecule has 0 aromatic heterocycles. The predicted molar refractivity (Wildman–Crippen MR) is 100 cm³/mol. The summed E-state index contributed by atoms with van der Waals surface area (Å²) in [6.07, 6.45) is 0. The van der Waals surface area contributed by atoms with Crippen molar-refractivity contribution in [2.24, 2.45) is 4.40 Å². The molecule has 27 heavy (non-hydrogen) atoms. The summed E-state index contributed by atoms with van der Waals surface area (Å²) in [7, 11) is -8.31. The Morgan fingerprint density at radius 3 is 2.44 bits per heavy atom. The van der Waals surface area contributed by atoms with Crippen LogP contribution in [0.15, 0.2) is 55.5 Å². The average Bonchev–Trinajstić information content (AvgIpc) is 2.56. The molecule has 0 spiro atoms. The summed E-state index contributed by atoms with van der Waals surface area (Å²) in [5.41, 5.74) is 0.268. The van der Waals surface area contributed by atoms with Gasteiger partial charge in [0.1, 0.15) is 4.90 Å². The van der Waals surface area contributed by atoms with E-state index in [2.05, 4.69) is 9.12 Å². The smallest absolute Gasteiger partial charge is 0.258 e. The van der Waals surface area contributed by atoms with Crippen molar-refractivity contribution in [2.75, 3.05) is 0 Å². The largest absolute Gasteiger partial charge is 0.285 e. The van der Waals surface area contributed by atoms with Crippen LogP contribution in [-0.4, -0.2) is 26.9 Å². The summed E-state index contributed by atoms with van der Waals surface area (Å²) in [6.45, 7) is 1.64. The van der Waals surface area contributed by atoms with E-state index in [1.165, 1.54) is 12.1 Å². The van der Waals surface area contributed by atoms with E-state index in [4.69, 9.17) is 11.6 Å². The molecule has 1 aliphatic rings. The lowest BCUT2D eigenvalue weighted by Gasteiger charge is -2.17. The summed E-state index contributed by atoms with van der Waals surface area (Å²) in [5, 5.41) is 10.6. The number of sulfonamides is 2. The SMILES string of the molecule is Cc1cc2c(cc1Cl)SC(NS(=O)(=O)c1ccc([N+](=O)[O-])cc1)=NS2(=O)=O. The van der Waals surface area contributed by atoms with Crippen LogP contribution in [0, 0.1) is 17.0 Å². The van der Waals surface area contributed by atoms with Crippen LogP contribution in [0.3, 0.4) is 0 Å².